The summed E-state index contributed by atoms with van der Waals surface area (Å²) in [6.45, 7) is 0.992. The second kappa shape index (κ2) is 6.35. The molecule has 1 N–H and O–H groups in total. The standard InChI is InChI=1S/C14H15BrFNO3/c15-12-4-3-10(16)7-11(12)14(20)17-5-1-2-9(8-17)6-13(18)19/h3-4,7,9H,1-2,5-6,8H2,(H,18,19). The third-order valence-corrected chi connectivity index (χ3v) is 4.12. The van der Waals surface area contributed by atoms with Gasteiger partial charge in [0.2, 0.25) is 0 Å². The van der Waals surface area contributed by atoms with Crippen LogP contribution in [0, 0.1) is 11.7 Å². The van der Waals surface area contributed by atoms with Gasteiger partial charge in [0.1, 0.15) is 5.82 Å². The Morgan fingerprint density at radius 1 is 1.45 bits per heavy atom. The van der Waals surface area contributed by atoms with Crippen LogP contribution in [0.15, 0.2) is 22.7 Å². The molecule has 1 aromatic carbocycles. The van der Waals surface area contributed by atoms with E-state index < -0.39 is 11.8 Å². The fourth-order valence-corrected chi connectivity index (χ4v) is 2.91. The minimum absolute atomic E-state index is 0.0301. The molecule has 1 saturated heterocycles. The van der Waals surface area contributed by atoms with Crippen molar-refractivity contribution in [2.75, 3.05) is 13.1 Å². The van der Waals surface area contributed by atoms with Crippen LogP contribution >= 0.6 is 15.9 Å². The van der Waals surface area contributed by atoms with Gasteiger partial charge < -0.3 is 10.0 Å². The highest BCUT2D eigenvalue weighted by molar-refractivity contribution is 9.10. The van der Waals surface area contributed by atoms with Crippen molar-refractivity contribution in [3.63, 3.8) is 0 Å². The molecule has 1 aromatic rings. The number of hydrogen-bond acceptors (Lipinski definition) is 2. The van der Waals surface area contributed by atoms with E-state index in [4.69, 9.17) is 5.11 Å². The quantitative estimate of drug-likeness (QED) is 0.917. The van der Waals surface area contributed by atoms with Crippen LogP contribution in [0.4, 0.5) is 4.39 Å². The molecule has 1 aliphatic heterocycles. The van der Waals surface area contributed by atoms with Gasteiger partial charge in [-0.3, -0.25) is 9.59 Å². The Kier molecular flexibility index (Phi) is 4.75. The number of amides is 1. The number of carbonyl (C=O) groups excluding carboxylic acids is 1. The molecule has 0 spiro atoms. The second-order valence-electron chi connectivity index (χ2n) is 4.98. The molecule has 1 unspecified atom stereocenters. The number of benzene rings is 1. The van der Waals surface area contributed by atoms with Crippen molar-refractivity contribution in [1.29, 1.82) is 0 Å². The number of aliphatic carboxylic acids is 1. The molecule has 0 aliphatic carbocycles. The number of likely N-dealkylation sites (tertiary alicyclic amines) is 1. The molecular formula is C14H15BrFNO3. The monoisotopic (exact) mass is 343 g/mol. The van der Waals surface area contributed by atoms with Crippen molar-refractivity contribution in [1.82, 2.24) is 4.90 Å². The highest BCUT2D eigenvalue weighted by Crippen LogP contribution is 2.24. The van der Waals surface area contributed by atoms with Gasteiger partial charge in [-0.15, -0.1) is 0 Å². The summed E-state index contributed by atoms with van der Waals surface area (Å²) >= 11 is 3.24. The smallest absolute Gasteiger partial charge is 0.303 e. The van der Waals surface area contributed by atoms with Crippen molar-refractivity contribution in [2.45, 2.75) is 19.3 Å². The summed E-state index contributed by atoms with van der Waals surface area (Å²) in [7, 11) is 0. The molecule has 1 aliphatic rings. The molecule has 4 nitrogen and oxygen atoms in total. The second-order valence-corrected chi connectivity index (χ2v) is 5.84. The predicted octanol–water partition coefficient (Wildman–Crippen LogP) is 2.92. The van der Waals surface area contributed by atoms with Gasteiger partial charge in [-0.2, -0.15) is 0 Å². The van der Waals surface area contributed by atoms with E-state index in [0.717, 1.165) is 12.8 Å². The molecule has 0 aromatic heterocycles. The van der Waals surface area contributed by atoms with Crippen molar-refractivity contribution in [3.8, 4) is 0 Å². The van der Waals surface area contributed by atoms with Crippen LogP contribution in [0.25, 0.3) is 0 Å². The van der Waals surface area contributed by atoms with E-state index in [1.54, 1.807) is 4.90 Å². The Balaban J connectivity index is 2.12. The van der Waals surface area contributed by atoms with Gasteiger partial charge in [-0.05, 0) is 52.9 Å². The Morgan fingerprint density at radius 2 is 2.20 bits per heavy atom. The maximum absolute atomic E-state index is 13.3. The summed E-state index contributed by atoms with van der Waals surface area (Å²) in [5.74, 6) is -1.60. The summed E-state index contributed by atoms with van der Waals surface area (Å²) in [5.41, 5.74) is 0.279. The fourth-order valence-electron chi connectivity index (χ4n) is 2.49. The summed E-state index contributed by atoms with van der Waals surface area (Å²) < 4.78 is 13.8. The largest absolute Gasteiger partial charge is 0.481 e. The molecule has 1 amide bonds. The first-order chi connectivity index (χ1) is 9.47. The number of halogens is 2. The van der Waals surface area contributed by atoms with Crippen LogP contribution in [-0.2, 0) is 4.79 Å². The molecule has 108 valence electrons. The molecule has 1 atom stereocenters. The van der Waals surface area contributed by atoms with E-state index in [9.17, 15) is 14.0 Å². The van der Waals surface area contributed by atoms with Crippen molar-refractivity contribution < 1.29 is 19.1 Å². The van der Waals surface area contributed by atoms with E-state index in [2.05, 4.69) is 15.9 Å². The van der Waals surface area contributed by atoms with Crippen LogP contribution in [0.5, 0.6) is 0 Å². The topological polar surface area (TPSA) is 57.6 Å². The lowest BCUT2D eigenvalue weighted by atomic mass is 9.94. The molecule has 20 heavy (non-hydrogen) atoms. The fraction of sp³-hybridized carbons (Fsp3) is 0.429. The van der Waals surface area contributed by atoms with Gasteiger partial charge in [0.05, 0.1) is 5.56 Å². The molecule has 0 saturated carbocycles. The number of carboxylic acid groups (broad SMARTS) is 1. The SMILES string of the molecule is O=C(O)CC1CCCN(C(=O)c2cc(F)ccc2Br)C1. The van der Waals surface area contributed by atoms with Crippen molar-refractivity contribution in [2.24, 2.45) is 5.92 Å². The molecule has 1 fully saturated rings. The predicted molar refractivity (Wildman–Crippen MR) is 75.0 cm³/mol. The van der Waals surface area contributed by atoms with Crippen molar-refractivity contribution in [3.05, 3.63) is 34.1 Å². The highest BCUT2D eigenvalue weighted by atomic mass is 79.9. The maximum Gasteiger partial charge on any atom is 0.303 e. The number of piperidine rings is 1. The van der Waals surface area contributed by atoms with Gasteiger partial charge in [0.15, 0.2) is 0 Å². The number of carboxylic acids is 1. The first-order valence-electron chi connectivity index (χ1n) is 6.43. The average molecular weight is 344 g/mol. The summed E-state index contributed by atoms with van der Waals surface area (Å²) in [6, 6.07) is 3.98. The van der Waals surface area contributed by atoms with E-state index in [1.807, 2.05) is 0 Å². The molecule has 1 heterocycles. The minimum atomic E-state index is -0.851. The molecular weight excluding hydrogens is 329 g/mol. The van der Waals surface area contributed by atoms with E-state index >= 15 is 0 Å². The zero-order valence-electron chi connectivity index (χ0n) is 10.8. The first kappa shape index (κ1) is 15.0. The van der Waals surface area contributed by atoms with Gasteiger partial charge in [-0.25, -0.2) is 4.39 Å². The zero-order valence-corrected chi connectivity index (χ0v) is 12.4. The molecule has 0 bridgehead atoms. The molecule has 0 radical (unpaired) electrons. The Labute approximate surface area is 124 Å². The van der Waals surface area contributed by atoms with Crippen LogP contribution in [0.2, 0.25) is 0 Å². The zero-order chi connectivity index (χ0) is 14.7. The first-order valence-corrected chi connectivity index (χ1v) is 7.23. The summed E-state index contributed by atoms with van der Waals surface area (Å²) in [4.78, 5) is 24.7. The Bertz CT molecular complexity index is 535. The molecule has 2 rings (SSSR count). The third-order valence-electron chi connectivity index (χ3n) is 3.43. The summed E-state index contributed by atoms with van der Waals surface area (Å²) in [6.07, 6.45) is 1.64. The van der Waals surface area contributed by atoms with E-state index in [1.165, 1.54) is 18.2 Å². The summed E-state index contributed by atoms with van der Waals surface area (Å²) in [5, 5.41) is 8.83. The average Bonchev–Trinajstić information content (AvgIpc) is 2.40. The lowest BCUT2D eigenvalue weighted by Gasteiger charge is -2.32. The minimum Gasteiger partial charge on any atom is -0.481 e. The third kappa shape index (κ3) is 3.56. The van der Waals surface area contributed by atoms with Gasteiger partial charge >= 0.3 is 5.97 Å². The number of carbonyl (C=O) groups is 2. The Morgan fingerprint density at radius 3 is 2.90 bits per heavy atom. The van der Waals surface area contributed by atoms with Gasteiger partial charge in [-0.1, -0.05) is 0 Å². The lowest BCUT2D eigenvalue weighted by molar-refractivity contribution is -0.138. The van der Waals surface area contributed by atoms with Crippen LogP contribution in [0.1, 0.15) is 29.6 Å². The van der Waals surface area contributed by atoms with E-state index in [-0.39, 0.29) is 23.8 Å². The number of rotatable bonds is 3. The van der Waals surface area contributed by atoms with Crippen LogP contribution in [-0.4, -0.2) is 35.0 Å². The van der Waals surface area contributed by atoms with Gasteiger partial charge in [0.25, 0.3) is 5.91 Å². The van der Waals surface area contributed by atoms with Crippen molar-refractivity contribution >= 4 is 27.8 Å². The van der Waals surface area contributed by atoms with Gasteiger partial charge in [0, 0.05) is 24.0 Å². The highest BCUT2D eigenvalue weighted by Gasteiger charge is 2.27. The van der Waals surface area contributed by atoms with Crippen LogP contribution < -0.4 is 0 Å². The normalized spacial score (nSPS) is 18.9. The molecule has 6 heteroatoms. The maximum atomic E-state index is 13.3. The lowest BCUT2D eigenvalue weighted by Crippen LogP contribution is -2.40. The number of nitrogens with zero attached hydrogens (tertiary/aromatic N) is 1. The Hall–Kier alpha value is -1.43. The van der Waals surface area contributed by atoms with Crippen LogP contribution in [0.3, 0.4) is 0 Å². The number of hydrogen-bond donors (Lipinski definition) is 1. The van der Waals surface area contributed by atoms with E-state index in [0.29, 0.717) is 17.6 Å².